The Kier molecular flexibility index (Phi) is 6.00. The second-order valence-electron chi connectivity index (χ2n) is 3.41. The van der Waals surface area contributed by atoms with Gasteiger partial charge in [-0.1, -0.05) is 33.3 Å². The Morgan fingerprint density at radius 2 is 2.18 bits per heavy atom. The predicted octanol–water partition coefficient (Wildman–Crippen LogP) is 2.94. The molecule has 0 saturated heterocycles. The van der Waals surface area contributed by atoms with Crippen molar-refractivity contribution >= 4 is 0 Å². The highest BCUT2D eigenvalue weighted by atomic mass is 14.9. The molecule has 1 heteroatoms. The van der Waals surface area contributed by atoms with Crippen molar-refractivity contribution in [1.29, 1.82) is 0 Å². The monoisotopic (exact) mass is 155 g/mol. The summed E-state index contributed by atoms with van der Waals surface area (Å²) in [5, 5.41) is 3.26. The van der Waals surface area contributed by atoms with Crippen molar-refractivity contribution in [2.45, 2.75) is 40.0 Å². The number of nitrogens with one attached hydrogen (secondary N) is 1. The Bertz CT molecular complexity index is 107. The second kappa shape index (κ2) is 6.26. The SMILES string of the molecule is C=C(C)NC[C@@H](C)CCCC. The standard InChI is InChI=1S/C10H21N/c1-5-6-7-10(4)8-11-9(2)3/h10-11H,2,5-8H2,1,3-4H3/t10-/m0/s1. The lowest BCUT2D eigenvalue weighted by atomic mass is 10.0. The first kappa shape index (κ1) is 10.5. The molecule has 0 saturated carbocycles. The fraction of sp³-hybridized carbons (Fsp3) is 0.800. The van der Waals surface area contributed by atoms with E-state index in [1.54, 1.807) is 0 Å². The van der Waals surface area contributed by atoms with E-state index in [1.165, 1.54) is 19.3 Å². The molecule has 0 aliphatic heterocycles. The largest absolute Gasteiger partial charge is 0.389 e. The summed E-state index contributed by atoms with van der Waals surface area (Å²) in [6.45, 7) is 11.4. The van der Waals surface area contributed by atoms with Crippen molar-refractivity contribution in [2.75, 3.05) is 6.54 Å². The zero-order chi connectivity index (χ0) is 8.69. The quantitative estimate of drug-likeness (QED) is 0.622. The fourth-order valence-corrected chi connectivity index (χ4v) is 1.00. The van der Waals surface area contributed by atoms with E-state index in [0.717, 1.165) is 18.2 Å². The molecule has 0 fully saturated rings. The van der Waals surface area contributed by atoms with Crippen LogP contribution in [0.2, 0.25) is 0 Å². The topological polar surface area (TPSA) is 12.0 Å². The Balaban J connectivity index is 3.22. The van der Waals surface area contributed by atoms with Gasteiger partial charge >= 0.3 is 0 Å². The number of allylic oxidation sites excluding steroid dienone is 1. The Morgan fingerprint density at radius 1 is 1.55 bits per heavy atom. The van der Waals surface area contributed by atoms with E-state index in [0.29, 0.717) is 0 Å². The predicted molar refractivity (Wildman–Crippen MR) is 51.5 cm³/mol. The van der Waals surface area contributed by atoms with Crippen LogP contribution in [0, 0.1) is 5.92 Å². The van der Waals surface area contributed by atoms with E-state index < -0.39 is 0 Å². The van der Waals surface area contributed by atoms with Gasteiger partial charge in [-0.2, -0.15) is 0 Å². The van der Waals surface area contributed by atoms with Crippen molar-refractivity contribution in [3.63, 3.8) is 0 Å². The van der Waals surface area contributed by atoms with E-state index in [9.17, 15) is 0 Å². The van der Waals surface area contributed by atoms with Crippen LogP contribution in [0.25, 0.3) is 0 Å². The van der Waals surface area contributed by atoms with Gasteiger partial charge in [0.05, 0.1) is 0 Å². The summed E-state index contributed by atoms with van der Waals surface area (Å²) in [5.74, 6) is 0.784. The van der Waals surface area contributed by atoms with Crippen LogP contribution >= 0.6 is 0 Å². The minimum absolute atomic E-state index is 0.784. The lowest BCUT2D eigenvalue weighted by molar-refractivity contribution is 0.485. The smallest absolute Gasteiger partial charge is 0.0169 e. The summed E-state index contributed by atoms with van der Waals surface area (Å²) < 4.78 is 0. The molecule has 0 amide bonds. The normalized spacial score (nSPS) is 12.6. The van der Waals surface area contributed by atoms with Crippen LogP contribution in [0.5, 0.6) is 0 Å². The molecule has 1 nitrogen and oxygen atoms in total. The summed E-state index contributed by atoms with van der Waals surface area (Å²) in [7, 11) is 0. The Hall–Kier alpha value is -0.460. The molecule has 66 valence electrons. The average molecular weight is 155 g/mol. The van der Waals surface area contributed by atoms with E-state index in [1.807, 2.05) is 6.92 Å². The van der Waals surface area contributed by atoms with Crippen molar-refractivity contribution in [3.05, 3.63) is 12.3 Å². The molecule has 0 radical (unpaired) electrons. The summed E-state index contributed by atoms with van der Waals surface area (Å²) >= 11 is 0. The molecule has 0 unspecified atom stereocenters. The highest BCUT2D eigenvalue weighted by molar-refractivity contribution is 4.84. The third-order valence-electron chi connectivity index (χ3n) is 1.80. The third kappa shape index (κ3) is 7.44. The van der Waals surface area contributed by atoms with E-state index in [2.05, 4.69) is 25.7 Å². The molecule has 0 aromatic carbocycles. The molecule has 0 bridgehead atoms. The first-order chi connectivity index (χ1) is 5.16. The highest BCUT2D eigenvalue weighted by Crippen LogP contribution is 2.06. The van der Waals surface area contributed by atoms with Crippen LogP contribution in [0.4, 0.5) is 0 Å². The van der Waals surface area contributed by atoms with Crippen molar-refractivity contribution < 1.29 is 0 Å². The molecule has 0 aromatic heterocycles. The van der Waals surface area contributed by atoms with Gasteiger partial charge in [0.15, 0.2) is 0 Å². The molecular formula is C10H21N. The van der Waals surface area contributed by atoms with Gasteiger partial charge in [0.2, 0.25) is 0 Å². The van der Waals surface area contributed by atoms with Crippen LogP contribution in [0.1, 0.15) is 40.0 Å². The van der Waals surface area contributed by atoms with E-state index >= 15 is 0 Å². The molecule has 0 spiro atoms. The molecule has 0 aromatic rings. The number of hydrogen-bond acceptors (Lipinski definition) is 1. The summed E-state index contributed by atoms with van der Waals surface area (Å²) in [6.07, 6.45) is 3.98. The van der Waals surface area contributed by atoms with Gasteiger partial charge in [-0.3, -0.25) is 0 Å². The van der Waals surface area contributed by atoms with E-state index in [-0.39, 0.29) is 0 Å². The molecular weight excluding hydrogens is 134 g/mol. The van der Waals surface area contributed by atoms with Gasteiger partial charge in [-0.25, -0.2) is 0 Å². The van der Waals surface area contributed by atoms with Gasteiger partial charge in [0, 0.05) is 12.2 Å². The third-order valence-corrected chi connectivity index (χ3v) is 1.80. The Morgan fingerprint density at radius 3 is 2.64 bits per heavy atom. The molecule has 11 heavy (non-hydrogen) atoms. The molecule has 1 N–H and O–H groups in total. The number of unbranched alkanes of at least 4 members (excludes halogenated alkanes) is 1. The lowest BCUT2D eigenvalue weighted by Crippen LogP contribution is -2.18. The van der Waals surface area contributed by atoms with Gasteiger partial charge in [-0.15, -0.1) is 0 Å². The zero-order valence-electron chi connectivity index (χ0n) is 8.11. The van der Waals surface area contributed by atoms with Gasteiger partial charge in [0.1, 0.15) is 0 Å². The number of hydrogen-bond donors (Lipinski definition) is 1. The molecule has 1 atom stereocenters. The first-order valence-electron chi connectivity index (χ1n) is 4.56. The van der Waals surface area contributed by atoms with Crippen LogP contribution in [-0.4, -0.2) is 6.54 Å². The average Bonchev–Trinajstić information content (AvgIpc) is 1.97. The highest BCUT2D eigenvalue weighted by Gasteiger charge is 1.99. The van der Waals surface area contributed by atoms with Crippen LogP contribution in [-0.2, 0) is 0 Å². The molecule has 0 aliphatic carbocycles. The maximum Gasteiger partial charge on any atom is 0.0169 e. The minimum atomic E-state index is 0.784. The lowest BCUT2D eigenvalue weighted by Gasteiger charge is -2.12. The zero-order valence-corrected chi connectivity index (χ0v) is 8.11. The van der Waals surface area contributed by atoms with Crippen LogP contribution in [0.3, 0.4) is 0 Å². The van der Waals surface area contributed by atoms with Crippen molar-refractivity contribution in [2.24, 2.45) is 5.92 Å². The van der Waals surface area contributed by atoms with E-state index in [4.69, 9.17) is 0 Å². The summed E-state index contributed by atoms with van der Waals surface area (Å²) in [6, 6.07) is 0. The minimum Gasteiger partial charge on any atom is -0.389 e. The maximum atomic E-state index is 3.80. The Labute approximate surface area is 70.9 Å². The molecule has 0 aliphatic rings. The summed E-state index contributed by atoms with van der Waals surface area (Å²) in [5.41, 5.74) is 1.08. The van der Waals surface area contributed by atoms with Crippen LogP contribution < -0.4 is 5.32 Å². The number of rotatable bonds is 6. The second-order valence-corrected chi connectivity index (χ2v) is 3.41. The van der Waals surface area contributed by atoms with Gasteiger partial charge in [0.25, 0.3) is 0 Å². The molecule has 0 heterocycles. The maximum absolute atomic E-state index is 3.80. The fourth-order valence-electron chi connectivity index (χ4n) is 1.00. The van der Waals surface area contributed by atoms with Crippen molar-refractivity contribution in [1.82, 2.24) is 5.32 Å². The first-order valence-corrected chi connectivity index (χ1v) is 4.56. The van der Waals surface area contributed by atoms with Gasteiger partial charge < -0.3 is 5.32 Å². The summed E-state index contributed by atoms with van der Waals surface area (Å²) in [4.78, 5) is 0. The van der Waals surface area contributed by atoms with Crippen LogP contribution in [0.15, 0.2) is 12.3 Å². The molecule has 0 rings (SSSR count). The van der Waals surface area contributed by atoms with Gasteiger partial charge in [-0.05, 0) is 19.3 Å². The van der Waals surface area contributed by atoms with Crippen molar-refractivity contribution in [3.8, 4) is 0 Å².